The molecule has 0 saturated carbocycles. The first-order chi connectivity index (χ1) is 11.7. The van der Waals surface area contributed by atoms with Gasteiger partial charge in [-0.05, 0) is 49.3 Å². The molecule has 0 bridgehead atoms. The van der Waals surface area contributed by atoms with Gasteiger partial charge in [-0.3, -0.25) is 4.79 Å². The molecule has 3 N–H and O–H groups in total. The third-order valence-electron chi connectivity index (χ3n) is 4.36. The highest BCUT2D eigenvalue weighted by atomic mass is 32.2. The first kappa shape index (κ1) is 19.6. The molecule has 0 atom stereocenters. The highest BCUT2D eigenvalue weighted by Crippen LogP contribution is 2.14. The smallest absolute Gasteiger partial charge is 0.240 e. The van der Waals surface area contributed by atoms with Gasteiger partial charge in [-0.2, -0.15) is 0 Å². The van der Waals surface area contributed by atoms with Crippen LogP contribution in [-0.2, 0) is 14.8 Å². The molecule has 0 aromatic heterocycles. The van der Waals surface area contributed by atoms with E-state index in [-0.39, 0.29) is 23.8 Å². The first-order valence-electron chi connectivity index (χ1n) is 8.10. The second-order valence-corrected chi connectivity index (χ2v) is 8.29. The maximum absolute atomic E-state index is 12.3. The largest absolute Gasteiger partial charge is 0.376 e. The lowest BCUT2D eigenvalue weighted by atomic mass is 10.1. The molecular formula is C16H24N4O3S2. The molecular weight excluding hydrogens is 360 g/mol. The van der Waals surface area contributed by atoms with Gasteiger partial charge in [-0.25, -0.2) is 13.1 Å². The number of nitrogens with zero attached hydrogens (tertiary/aromatic N) is 2. The number of hydrogen-bond acceptors (Lipinski definition) is 4. The van der Waals surface area contributed by atoms with Gasteiger partial charge in [0.15, 0.2) is 5.11 Å². The van der Waals surface area contributed by atoms with Gasteiger partial charge in [-0.1, -0.05) is 6.07 Å². The lowest BCUT2D eigenvalue weighted by molar-refractivity contribution is -0.132. The fourth-order valence-corrected chi connectivity index (χ4v) is 3.89. The lowest BCUT2D eigenvalue weighted by Gasteiger charge is -2.35. The molecule has 2 rings (SSSR count). The van der Waals surface area contributed by atoms with Crippen LogP contribution in [0.15, 0.2) is 23.1 Å². The average molecular weight is 385 g/mol. The molecule has 7 nitrogen and oxygen atoms in total. The number of nitrogens with one attached hydrogen (secondary N) is 1. The van der Waals surface area contributed by atoms with Gasteiger partial charge in [0.25, 0.3) is 0 Å². The standard InChI is InChI=1S/C16H24N4O3S2/c1-12-3-4-14(11-13(12)2)25(22,23)18-6-5-15(21)19-7-9-20(10-8-19)16(17)24/h3-4,11,18H,5-10H2,1-2H3,(H2,17,24). The molecule has 0 unspecified atom stereocenters. The molecule has 9 heteroatoms. The van der Waals surface area contributed by atoms with Crippen molar-refractivity contribution >= 4 is 33.3 Å². The predicted octanol–water partition coefficient (Wildman–Crippen LogP) is 0.360. The fraction of sp³-hybridized carbons (Fsp3) is 0.500. The zero-order valence-corrected chi connectivity index (χ0v) is 16.1. The fourth-order valence-electron chi connectivity index (χ4n) is 2.59. The summed E-state index contributed by atoms with van der Waals surface area (Å²) in [6.45, 7) is 6.16. The Balaban J connectivity index is 1.84. The van der Waals surface area contributed by atoms with E-state index in [0.717, 1.165) is 11.1 Å². The average Bonchev–Trinajstić information content (AvgIpc) is 2.57. The number of amides is 1. The number of aryl methyl sites for hydroxylation is 2. The maximum atomic E-state index is 12.3. The van der Waals surface area contributed by atoms with E-state index in [4.69, 9.17) is 18.0 Å². The summed E-state index contributed by atoms with van der Waals surface area (Å²) in [6.07, 6.45) is 0.122. The highest BCUT2D eigenvalue weighted by molar-refractivity contribution is 7.89. The number of benzene rings is 1. The summed E-state index contributed by atoms with van der Waals surface area (Å²) in [5.41, 5.74) is 7.51. The van der Waals surface area contributed by atoms with Gasteiger partial charge >= 0.3 is 0 Å². The number of carbonyl (C=O) groups is 1. The summed E-state index contributed by atoms with van der Waals surface area (Å²) in [6, 6.07) is 4.98. The number of sulfonamides is 1. The van der Waals surface area contributed by atoms with E-state index in [1.165, 1.54) is 0 Å². The number of piperazine rings is 1. The van der Waals surface area contributed by atoms with E-state index in [1.54, 1.807) is 23.1 Å². The molecule has 1 aromatic rings. The first-order valence-corrected chi connectivity index (χ1v) is 9.99. The van der Waals surface area contributed by atoms with Crippen molar-refractivity contribution in [2.75, 3.05) is 32.7 Å². The molecule has 1 fully saturated rings. The van der Waals surface area contributed by atoms with Crippen LogP contribution in [0.1, 0.15) is 17.5 Å². The van der Waals surface area contributed by atoms with Gasteiger partial charge in [0.1, 0.15) is 0 Å². The van der Waals surface area contributed by atoms with E-state index >= 15 is 0 Å². The monoisotopic (exact) mass is 384 g/mol. The predicted molar refractivity (Wildman–Crippen MR) is 101 cm³/mol. The van der Waals surface area contributed by atoms with Gasteiger partial charge in [-0.15, -0.1) is 0 Å². The van der Waals surface area contributed by atoms with Crippen molar-refractivity contribution in [3.05, 3.63) is 29.3 Å². The minimum Gasteiger partial charge on any atom is -0.376 e. The topological polar surface area (TPSA) is 95.7 Å². The van der Waals surface area contributed by atoms with E-state index < -0.39 is 10.0 Å². The minimum atomic E-state index is -3.61. The van der Waals surface area contributed by atoms with Crippen LogP contribution < -0.4 is 10.5 Å². The molecule has 138 valence electrons. The van der Waals surface area contributed by atoms with Gasteiger partial charge in [0.2, 0.25) is 15.9 Å². The highest BCUT2D eigenvalue weighted by Gasteiger charge is 2.22. The molecule has 1 heterocycles. The molecule has 0 radical (unpaired) electrons. The third kappa shape index (κ3) is 5.13. The minimum absolute atomic E-state index is 0.0730. The molecule has 1 saturated heterocycles. The quantitative estimate of drug-likeness (QED) is 0.712. The van der Waals surface area contributed by atoms with Crippen molar-refractivity contribution in [2.24, 2.45) is 5.73 Å². The maximum Gasteiger partial charge on any atom is 0.240 e. The van der Waals surface area contributed by atoms with Crippen molar-refractivity contribution in [2.45, 2.75) is 25.2 Å². The number of rotatable bonds is 5. The van der Waals surface area contributed by atoms with E-state index in [2.05, 4.69) is 4.72 Å². The van der Waals surface area contributed by atoms with Crippen LogP contribution in [0.5, 0.6) is 0 Å². The van der Waals surface area contributed by atoms with Crippen LogP contribution in [-0.4, -0.2) is 62.0 Å². The molecule has 1 aliphatic rings. The van der Waals surface area contributed by atoms with Gasteiger partial charge in [0.05, 0.1) is 4.90 Å². The number of carbonyl (C=O) groups excluding carboxylic acids is 1. The second kappa shape index (κ2) is 8.11. The van der Waals surface area contributed by atoms with Crippen molar-refractivity contribution in [1.82, 2.24) is 14.5 Å². The van der Waals surface area contributed by atoms with Gasteiger partial charge < -0.3 is 15.5 Å². The van der Waals surface area contributed by atoms with Crippen LogP contribution in [0.25, 0.3) is 0 Å². The van der Waals surface area contributed by atoms with Crippen molar-refractivity contribution in [1.29, 1.82) is 0 Å². The SMILES string of the molecule is Cc1ccc(S(=O)(=O)NCCC(=O)N2CCN(C(N)=S)CC2)cc1C. The number of nitrogens with two attached hydrogens (primary N) is 1. The lowest BCUT2D eigenvalue weighted by Crippen LogP contribution is -2.52. The zero-order valence-electron chi connectivity index (χ0n) is 14.5. The number of hydrogen-bond donors (Lipinski definition) is 2. The summed E-state index contributed by atoms with van der Waals surface area (Å²) in [5.74, 6) is -0.0784. The summed E-state index contributed by atoms with van der Waals surface area (Å²) in [7, 11) is -3.61. The number of thiocarbonyl (C=S) groups is 1. The van der Waals surface area contributed by atoms with Crippen LogP contribution in [0.3, 0.4) is 0 Å². The summed E-state index contributed by atoms with van der Waals surface area (Å²) < 4.78 is 27.1. The molecule has 0 spiro atoms. The van der Waals surface area contributed by atoms with Crippen molar-refractivity contribution in [3.8, 4) is 0 Å². The van der Waals surface area contributed by atoms with E-state index in [9.17, 15) is 13.2 Å². The Morgan fingerprint density at radius 1 is 1.16 bits per heavy atom. The summed E-state index contributed by atoms with van der Waals surface area (Å²) in [4.78, 5) is 16.0. The third-order valence-corrected chi connectivity index (χ3v) is 6.08. The van der Waals surface area contributed by atoms with Crippen LogP contribution in [0.4, 0.5) is 0 Å². The van der Waals surface area contributed by atoms with E-state index in [1.807, 2.05) is 18.7 Å². The Hall–Kier alpha value is -1.71. The molecule has 1 aliphatic heterocycles. The summed E-state index contributed by atoms with van der Waals surface area (Å²) >= 11 is 4.92. The Morgan fingerprint density at radius 3 is 2.32 bits per heavy atom. The molecule has 25 heavy (non-hydrogen) atoms. The molecule has 0 aliphatic carbocycles. The second-order valence-electron chi connectivity index (χ2n) is 6.10. The van der Waals surface area contributed by atoms with E-state index in [0.29, 0.717) is 31.3 Å². The van der Waals surface area contributed by atoms with Crippen molar-refractivity contribution < 1.29 is 13.2 Å². The van der Waals surface area contributed by atoms with Crippen molar-refractivity contribution in [3.63, 3.8) is 0 Å². The Bertz CT molecular complexity index is 757. The Labute approximate surface area is 154 Å². The Kier molecular flexibility index (Phi) is 6.36. The van der Waals surface area contributed by atoms with Crippen LogP contribution in [0, 0.1) is 13.8 Å². The van der Waals surface area contributed by atoms with Gasteiger partial charge in [0, 0.05) is 39.1 Å². The molecule has 1 aromatic carbocycles. The normalized spacial score (nSPS) is 15.3. The van der Waals surface area contributed by atoms with Crippen LogP contribution >= 0.6 is 12.2 Å². The summed E-state index contributed by atoms with van der Waals surface area (Å²) in [5, 5.41) is 0.341. The zero-order chi connectivity index (χ0) is 18.6. The van der Waals surface area contributed by atoms with Crippen LogP contribution in [0.2, 0.25) is 0 Å². The Morgan fingerprint density at radius 2 is 1.76 bits per heavy atom. The molecule has 1 amide bonds.